The van der Waals surface area contributed by atoms with Gasteiger partial charge in [-0.1, -0.05) is 121 Å². The molecule has 0 radical (unpaired) electrons. The monoisotopic (exact) mass is 608 g/mol. The molecule has 0 unspecified atom stereocenters. The smallest absolute Gasteiger partial charge is 0.141 e. The Morgan fingerprint density at radius 2 is 0.896 bits per heavy atom. The van der Waals surface area contributed by atoms with Crippen LogP contribution in [-0.4, -0.2) is 9.55 Å². The largest absolute Gasteiger partial charge is 0.327 e. The number of hydrogen-bond donors (Lipinski definition) is 0. The van der Waals surface area contributed by atoms with Crippen molar-refractivity contribution < 1.29 is 0 Å². The molecule has 0 N–H and O–H groups in total. The first-order valence-electron chi connectivity index (χ1n) is 16.6. The number of aryl methyl sites for hydroxylation is 1. The Kier molecular flexibility index (Phi) is 5.07. The summed E-state index contributed by atoms with van der Waals surface area (Å²) < 4.78 is 2.21. The summed E-state index contributed by atoms with van der Waals surface area (Å²) in [6.45, 7) is 0. The molecule has 0 fully saturated rings. The van der Waals surface area contributed by atoms with Crippen molar-refractivity contribution in [3.8, 4) is 22.5 Å². The fourth-order valence-electron chi connectivity index (χ4n) is 8.57. The van der Waals surface area contributed by atoms with Crippen molar-refractivity contribution in [3.05, 3.63) is 152 Å². The fourth-order valence-corrected chi connectivity index (χ4v) is 8.57. The van der Waals surface area contributed by atoms with Gasteiger partial charge in [-0.25, -0.2) is 4.98 Å². The number of aromatic nitrogens is 2. The molecule has 0 atom stereocenters. The number of imidazole rings is 1. The Bertz CT molecular complexity index is 3120. The van der Waals surface area contributed by atoms with E-state index in [-0.39, 0.29) is 0 Å². The van der Waals surface area contributed by atoms with Crippen LogP contribution < -0.4 is 0 Å². The van der Waals surface area contributed by atoms with E-state index in [4.69, 9.17) is 4.98 Å². The molecule has 10 aromatic carbocycles. The Labute approximate surface area is 276 Å². The lowest BCUT2D eigenvalue weighted by Gasteiger charge is -2.18. The average Bonchev–Trinajstić information content (AvgIpc) is 3.48. The molecule has 0 bridgehead atoms. The average molecular weight is 609 g/mol. The van der Waals surface area contributed by atoms with Crippen molar-refractivity contribution in [1.82, 2.24) is 9.55 Å². The highest BCUT2D eigenvalue weighted by Crippen LogP contribution is 2.45. The zero-order valence-electron chi connectivity index (χ0n) is 26.3. The van der Waals surface area contributed by atoms with Crippen molar-refractivity contribution in [2.45, 2.75) is 0 Å². The first-order valence-corrected chi connectivity index (χ1v) is 16.6. The van der Waals surface area contributed by atoms with Crippen LogP contribution in [0.15, 0.2) is 152 Å². The van der Waals surface area contributed by atoms with E-state index in [0.29, 0.717) is 0 Å². The lowest BCUT2D eigenvalue weighted by molar-refractivity contribution is 0.961. The van der Waals surface area contributed by atoms with Crippen LogP contribution in [0.4, 0.5) is 0 Å². The minimum atomic E-state index is 0.984. The molecule has 0 aliphatic heterocycles. The van der Waals surface area contributed by atoms with Crippen LogP contribution in [0.2, 0.25) is 0 Å². The molecular weight excluding hydrogens is 581 g/mol. The predicted molar refractivity (Wildman–Crippen MR) is 205 cm³/mol. The second-order valence-corrected chi connectivity index (χ2v) is 13.2. The SMILES string of the molecule is Cn1c(-c2ccc(-c3cc4ccc5cccc6c7cccc8ccc9cccc(c(c3)c4c56)c9c87)c3ccccc23)nc2ccccc21. The first kappa shape index (κ1) is 25.9. The lowest BCUT2D eigenvalue weighted by atomic mass is 9.86. The van der Waals surface area contributed by atoms with E-state index in [0.717, 1.165) is 22.4 Å². The zero-order valence-corrected chi connectivity index (χ0v) is 26.3. The van der Waals surface area contributed by atoms with Gasteiger partial charge in [0.05, 0.1) is 11.0 Å². The van der Waals surface area contributed by atoms with Crippen molar-refractivity contribution in [2.24, 2.45) is 7.05 Å². The summed E-state index contributed by atoms with van der Waals surface area (Å²) >= 11 is 0. The Morgan fingerprint density at radius 3 is 1.54 bits per heavy atom. The van der Waals surface area contributed by atoms with Gasteiger partial charge in [-0.3, -0.25) is 0 Å². The number of nitrogens with zero attached hydrogens (tertiary/aromatic N) is 2. The number of rotatable bonds is 2. The highest BCUT2D eigenvalue weighted by molar-refractivity contribution is 6.37. The minimum absolute atomic E-state index is 0.984. The van der Waals surface area contributed by atoms with E-state index in [2.05, 4.69) is 163 Å². The highest BCUT2D eigenvalue weighted by Gasteiger charge is 2.18. The molecule has 2 heteroatoms. The summed E-state index contributed by atoms with van der Waals surface area (Å²) in [5.41, 5.74) is 5.75. The maximum Gasteiger partial charge on any atom is 0.141 e. The molecule has 0 saturated heterocycles. The highest BCUT2D eigenvalue weighted by atomic mass is 15.1. The Hall–Kier alpha value is -6.25. The van der Waals surface area contributed by atoms with Gasteiger partial charge in [-0.15, -0.1) is 0 Å². The summed E-state index contributed by atoms with van der Waals surface area (Å²) in [4.78, 5) is 5.08. The molecule has 1 aromatic heterocycles. The number of hydrogen-bond acceptors (Lipinski definition) is 1. The molecular formula is C46H28N2. The van der Waals surface area contributed by atoms with Gasteiger partial charge >= 0.3 is 0 Å². The van der Waals surface area contributed by atoms with Gasteiger partial charge in [0.2, 0.25) is 0 Å². The van der Waals surface area contributed by atoms with E-state index in [1.54, 1.807) is 0 Å². The third-order valence-corrected chi connectivity index (χ3v) is 10.7. The van der Waals surface area contributed by atoms with Gasteiger partial charge in [0, 0.05) is 12.6 Å². The van der Waals surface area contributed by atoms with Gasteiger partial charge in [0.15, 0.2) is 0 Å². The lowest BCUT2D eigenvalue weighted by Crippen LogP contribution is -1.94. The molecule has 0 amide bonds. The normalized spacial score (nSPS) is 12.3. The molecule has 48 heavy (non-hydrogen) atoms. The van der Waals surface area contributed by atoms with Crippen LogP contribution in [0.3, 0.4) is 0 Å². The van der Waals surface area contributed by atoms with Gasteiger partial charge in [-0.2, -0.15) is 0 Å². The van der Waals surface area contributed by atoms with E-state index in [9.17, 15) is 0 Å². The van der Waals surface area contributed by atoms with Crippen LogP contribution in [0.5, 0.6) is 0 Å². The van der Waals surface area contributed by atoms with Crippen molar-refractivity contribution in [2.75, 3.05) is 0 Å². The Morgan fingerprint density at radius 1 is 0.396 bits per heavy atom. The van der Waals surface area contributed by atoms with Gasteiger partial charge < -0.3 is 4.57 Å². The fraction of sp³-hybridized carbons (Fsp3) is 0.0217. The molecule has 222 valence electrons. The number of benzene rings is 9. The third-order valence-electron chi connectivity index (χ3n) is 10.7. The summed E-state index contributed by atoms with van der Waals surface area (Å²) in [6, 6.07) is 56.2. The van der Waals surface area contributed by atoms with Crippen molar-refractivity contribution in [1.29, 1.82) is 0 Å². The van der Waals surface area contributed by atoms with E-state index in [1.165, 1.54) is 86.5 Å². The van der Waals surface area contributed by atoms with E-state index >= 15 is 0 Å². The molecule has 0 aliphatic rings. The minimum Gasteiger partial charge on any atom is -0.327 e. The van der Waals surface area contributed by atoms with Gasteiger partial charge in [0.1, 0.15) is 5.82 Å². The summed E-state index contributed by atoms with van der Waals surface area (Å²) in [6.07, 6.45) is 0. The quantitative estimate of drug-likeness (QED) is 0.179. The number of fused-ring (bicyclic) bond motifs is 4. The molecule has 0 spiro atoms. The van der Waals surface area contributed by atoms with Crippen LogP contribution in [0.1, 0.15) is 0 Å². The summed E-state index contributed by atoms with van der Waals surface area (Å²) in [5, 5.41) is 18.0. The van der Waals surface area contributed by atoms with Crippen LogP contribution in [-0.2, 0) is 7.05 Å². The van der Waals surface area contributed by atoms with Gasteiger partial charge in [-0.05, 0) is 117 Å². The van der Waals surface area contributed by atoms with Crippen LogP contribution in [0.25, 0.3) is 109 Å². The van der Waals surface area contributed by atoms with E-state index < -0.39 is 0 Å². The maximum atomic E-state index is 5.08. The van der Waals surface area contributed by atoms with Gasteiger partial charge in [0.25, 0.3) is 0 Å². The summed E-state index contributed by atoms with van der Waals surface area (Å²) in [5.74, 6) is 0.984. The molecule has 2 nitrogen and oxygen atoms in total. The second-order valence-electron chi connectivity index (χ2n) is 13.2. The second kappa shape index (κ2) is 9.40. The standard InChI is InChI=1S/C46H28N2/c1-48-41-18-5-4-17-40(41)47-46(48)38-24-23-32(33-12-2-3-13-34(33)38)31-25-30-22-21-29-10-7-15-36-35-14-6-9-27-19-20-28-11-8-16-37(44(28)42(27)35)39(26-31)45(30)43(29)36/h2-26H,1H3. The third kappa shape index (κ3) is 3.39. The molecule has 11 aromatic rings. The van der Waals surface area contributed by atoms with Crippen LogP contribution in [0, 0.1) is 0 Å². The first-order chi connectivity index (χ1) is 23.7. The zero-order chi connectivity index (χ0) is 31.5. The van der Waals surface area contributed by atoms with E-state index in [1.807, 2.05) is 0 Å². The molecule has 11 rings (SSSR count). The molecule has 0 aliphatic carbocycles. The van der Waals surface area contributed by atoms with Crippen molar-refractivity contribution in [3.63, 3.8) is 0 Å². The summed E-state index contributed by atoms with van der Waals surface area (Å²) in [7, 11) is 2.12. The van der Waals surface area contributed by atoms with Crippen LogP contribution >= 0.6 is 0 Å². The van der Waals surface area contributed by atoms with Crippen molar-refractivity contribution >= 4 is 86.4 Å². The Balaban J connectivity index is 1.29. The molecule has 1 heterocycles. The molecule has 0 saturated carbocycles. The number of para-hydroxylation sites is 2. The maximum absolute atomic E-state index is 5.08. The predicted octanol–water partition coefficient (Wildman–Crippen LogP) is 12.4. The topological polar surface area (TPSA) is 17.8 Å².